The Morgan fingerprint density at radius 3 is 2.56 bits per heavy atom. The van der Waals surface area contributed by atoms with E-state index in [9.17, 15) is 8.42 Å². The number of ether oxygens (including phenoxy) is 2. The highest BCUT2D eigenvalue weighted by Crippen LogP contribution is 2.24. The Morgan fingerprint density at radius 1 is 1.28 bits per heavy atom. The maximum absolute atomic E-state index is 11.8. The smallest absolute Gasteiger partial charge is 0.154 e. The van der Waals surface area contributed by atoms with Crippen molar-refractivity contribution in [2.75, 3.05) is 32.3 Å². The Balaban J connectivity index is 2.79. The average molecular weight is 273 g/mol. The van der Waals surface area contributed by atoms with Crippen LogP contribution in [0.15, 0.2) is 24.3 Å². The fourth-order valence-corrected chi connectivity index (χ4v) is 2.94. The minimum Gasteiger partial charge on any atom is -0.496 e. The van der Waals surface area contributed by atoms with Crippen LogP contribution in [0.2, 0.25) is 0 Å². The maximum Gasteiger partial charge on any atom is 0.154 e. The van der Waals surface area contributed by atoms with Crippen LogP contribution < -0.4 is 10.5 Å². The Kier molecular flexibility index (Phi) is 5.58. The molecule has 0 amide bonds. The quantitative estimate of drug-likeness (QED) is 0.793. The fraction of sp³-hybridized carbons (Fsp3) is 0.500. The van der Waals surface area contributed by atoms with E-state index >= 15 is 0 Å². The van der Waals surface area contributed by atoms with Crippen molar-refractivity contribution in [3.8, 4) is 5.75 Å². The summed E-state index contributed by atoms with van der Waals surface area (Å²) < 4.78 is 33.5. The second kappa shape index (κ2) is 6.72. The first-order chi connectivity index (χ1) is 8.50. The summed E-state index contributed by atoms with van der Waals surface area (Å²) in [7, 11) is -0.221. The average Bonchev–Trinajstić information content (AvgIpc) is 2.35. The van der Waals surface area contributed by atoms with E-state index < -0.39 is 15.9 Å². The monoisotopic (exact) mass is 273 g/mol. The van der Waals surface area contributed by atoms with Crippen molar-refractivity contribution in [1.82, 2.24) is 0 Å². The van der Waals surface area contributed by atoms with Crippen molar-refractivity contribution in [3.63, 3.8) is 0 Å². The molecule has 18 heavy (non-hydrogen) atoms. The third-order valence-electron chi connectivity index (χ3n) is 2.57. The molecule has 2 N–H and O–H groups in total. The number of hydrogen-bond acceptors (Lipinski definition) is 5. The van der Waals surface area contributed by atoms with Crippen LogP contribution in [0.1, 0.15) is 11.6 Å². The number of nitrogens with two attached hydrogens (primary N) is 1. The van der Waals surface area contributed by atoms with E-state index in [4.69, 9.17) is 15.2 Å². The molecule has 6 heteroatoms. The molecule has 0 heterocycles. The topological polar surface area (TPSA) is 78.6 Å². The lowest BCUT2D eigenvalue weighted by molar-refractivity contribution is 0.217. The summed E-state index contributed by atoms with van der Waals surface area (Å²) in [6, 6.07) is 6.56. The molecule has 0 saturated heterocycles. The molecule has 0 fully saturated rings. The van der Waals surface area contributed by atoms with Gasteiger partial charge in [0.25, 0.3) is 0 Å². The van der Waals surface area contributed by atoms with E-state index in [-0.39, 0.29) is 18.1 Å². The van der Waals surface area contributed by atoms with Gasteiger partial charge >= 0.3 is 0 Å². The molecule has 1 rings (SSSR count). The van der Waals surface area contributed by atoms with E-state index in [0.29, 0.717) is 11.3 Å². The molecule has 0 saturated carbocycles. The lowest BCUT2D eigenvalue weighted by Gasteiger charge is -2.15. The van der Waals surface area contributed by atoms with E-state index in [1.165, 1.54) is 14.2 Å². The van der Waals surface area contributed by atoms with Gasteiger partial charge in [-0.3, -0.25) is 0 Å². The summed E-state index contributed by atoms with van der Waals surface area (Å²) in [4.78, 5) is 0. The Hall–Kier alpha value is -1.11. The zero-order chi connectivity index (χ0) is 13.6. The lowest BCUT2D eigenvalue weighted by atomic mass is 10.1. The molecule has 102 valence electrons. The number of benzene rings is 1. The SMILES string of the molecule is COCCS(=O)(=O)CC(N)c1ccccc1OC. The minimum absolute atomic E-state index is 0.0215. The second-order valence-corrected chi connectivity index (χ2v) is 6.18. The van der Waals surface area contributed by atoms with Gasteiger partial charge in [0.2, 0.25) is 0 Å². The molecule has 5 nitrogen and oxygen atoms in total. The van der Waals surface area contributed by atoms with Crippen molar-refractivity contribution in [1.29, 1.82) is 0 Å². The predicted octanol–water partition coefficient (Wildman–Crippen LogP) is 0.756. The second-order valence-electron chi connectivity index (χ2n) is 3.96. The fourth-order valence-electron chi connectivity index (χ4n) is 1.63. The number of sulfone groups is 1. The van der Waals surface area contributed by atoms with Gasteiger partial charge in [0.05, 0.1) is 25.2 Å². The van der Waals surface area contributed by atoms with E-state index in [1.54, 1.807) is 18.2 Å². The summed E-state index contributed by atoms with van der Waals surface area (Å²) in [5.41, 5.74) is 6.62. The highest BCUT2D eigenvalue weighted by Gasteiger charge is 2.19. The molecule has 1 atom stereocenters. The number of methoxy groups -OCH3 is 2. The van der Waals surface area contributed by atoms with Gasteiger partial charge in [0, 0.05) is 18.7 Å². The van der Waals surface area contributed by atoms with Crippen molar-refractivity contribution >= 4 is 9.84 Å². The van der Waals surface area contributed by atoms with E-state index in [2.05, 4.69) is 0 Å². The Labute approximate surface area is 108 Å². The van der Waals surface area contributed by atoms with Crippen molar-refractivity contribution < 1.29 is 17.9 Å². The van der Waals surface area contributed by atoms with Crippen molar-refractivity contribution in [3.05, 3.63) is 29.8 Å². The van der Waals surface area contributed by atoms with Crippen molar-refractivity contribution in [2.24, 2.45) is 5.73 Å². The van der Waals surface area contributed by atoms with Crippen LogP contribution >= 0.6 is 0 Å². The van der Waals surface area contributed by atoms with Gasteiger partial charge in [0.1, 0.15) is 5.75 Å². The maximum atomic E-state index is 11.8. The molecule has 0 bridgehead atoms. The van der Waals surface area contributed by atoms with Gasteiger partial charge < -0.3 is 15.2 Å². The molecule has 0 aliphatic rings. The molecule has 0 spiro atoms. The first kappa shape index (κ1) is 14.9. The van der Waals surface area contributed by atoms with Gasteiger partial charge in [-0.1, -0.05) is 18.2 Å². The first-order valence-electron chi connectivity index (χ1n) is 5.58. The predicted molar refractivity (Wildman–Crippen MR) is 70.5 cm³/mol. The Morgan fingerprint density at radius 2 is 1.94 bits per heavy atom. The summed E-state index contributed by atoms with van der Waals surface area (Å²) in [6.45, 7) is 0.182. The van der Waals surface area contributed by atoms with Gasteiger partial charge in [0.15, 0.2) is 9.84 Å². The summed E-state index contributed by atoms with van der Waals surface area (Å²) >= 11 is 0. The third-order valence-corrected chi connectivity index (χ3v) is 4.23. The molecular formula is C12H19NO4S. The van der Waals surface area contributed by atoms with Crippen molar-refractivity contribution in [2.45, 2.75) is 6.04 Å². The summed E-state index contributed by atoms with van der Waals surface area (Å²) in [5, 5.41) is 0. The molecule has 1 aromatic rings. The number of para-hydroxylation sites is 1. The molecule has 0 radical (unpaired) electrons. The highest BCUT2D eigenvalue weighted by atomic mass is 32.2. The summed E-state index contributed by atoms with van der Waals surface area (Å²) in [6.07, 6.45) is 0. The summed E-state index contributed by atoms with van der Waals surface area (Å²) in [5.74, 6) is 0.468. The zero-order valence-corrected chi connectivity index (χ0v) is 11.4. The molecule has 0 aliphatic heterocycles. The normalized spacial score (nSPS) is 13.3. The van der Waals surface area contributed by atoms with Gasteiger partial charge in [-0.15, -0.1) is 0 Å². The lowest BCUT2D eigenvalue weighted by Crippen LogP contribution is -2.25. The van der Waals surface area contributed by atoms with Gasteiger partial charge in [-0.25, -0.2) is 8.42 Å². The van der Waals surface area contributed by atoms with E-state index in [1.807, 2.05) is 6.07 Å². The standard InChI is InChI=1S/C12H19NO4S/c1-16-7-8-18(14,15)9-11(13)10-5-3-4-6-12(10)17-2/h3-6,11H,7-9,13H2,1-2H3. The molecule has 0 aromatic heterocycles. The Bertz CT molecular complexity index is 473. The molecule has 1 unspecified atom stereocenters. The molecular weight excluding hydrogens is 254 g/mol. The van der Waals surface area contributed by atoms with Crippen LogP contribution in [0, 0.1) is 0 Å². The first-order valence-corrected chi connectivity index (χ1v) is 7.40. The molecule has 1 aromatic carbocycles. The van der Waals surface area contributed by atoms with Crippen LogP contribution in [0.5, 0.6) is 5.75 Å². The van der Waals surface area contributed by atoms with Crippen LogP contribution in [0.25, 0.3) is 0 Å². The zero-order valence-electron chi connectivity index (χ0n) is 10.6. The number of hydrogen-bond donors (Lipinski definition) is 1. The van der Waals surface area contributed by atoms with Crippen LogP contribution in [-0.2, 0) is 14.6 Å². The van der Waals surface area contributed by atoms with E-state index in [0.717, 1.165) is 0 Å². The highest BCUT2D eigenvalue weighted by molar-refractivity contribution is 7.91. The van der Waals surface area contributed by atoms with Crippen LogP contribution in [0.3, 0.4) is 0 Å². The van der Waals surface area contributed by atoms with Gasteiger partial charge in [-0.2, -0.15) is 0 Å². The van der Waals surface area contributed by atoms with Gasteiger partial charge in [-0.05, 0) is 6.07 Å². The molecule has 0 aliphatic carbocycles. The van der Waals surface area contributed by atoms with Crippen LogP contribution in [0.4, 0.5) is 0 Å². The number of rotatable bonds is 7. The van der Waals surface area contributed by atoms with Crippen LogP contribution in [-0.4, -0.2) is 40.7 Å². The minimum atomic E-state index is -3.22. The largest absolute Gasteiger partial charge is 0.496 e. The third kappa shape index (κ3) is 4.29.